The lowest BCUT2D eigenvalue weighted by Crippen LogP contribution is -2.41. The zero-order valence-corrected chi connectivity index (χ0v) is 12.1. The van der Waals surface area contributed by atoms with E-state index < -0.39 is 0 Å². The maximum atomic E-state index is 12.5. The molecule has 1 fully saturated rings. The molecule has 6 heteroatoms. The largest absolute Gasteiger partial charge is 0.384 e. The molecule has 1 N–H and O–H groups in total. The Labute approximate surface area is 119 Å². The average Bonchev–Trinajstić information content (AvgIpc) is 2.48. The highest BCUT2D eigenvalue weighted by molar-refractivity contribution is 5.92. The molecule has 2 heterocycles. The molecule has 110 valence electrons. The van der Waals surface area contributed by atoms with Gasteiger partial charge in [-0.05, 0) is 25.7 Å². The van der Waals surface area contributed by atoms with E-state index >= 15 is 0 Å². The van der Waals surface area contributed by atoms with E-state index in [1.165, 1.54) is 6.20 Å². The topological polar surface area (TPSA) is 67.4 Å². The molecule has 1 unspecified atom stereocenters. The van der Waals surface area contributed by atoms with E-state index in [0.29, 0.717) is 24.0 Å². The summed E-state index contributed by atoms with van der Waals surface area (Å²) < 4.78 is 5.19. The van der Waals surface area contributed by atoms with Crippen molar-refractivity contribution in [1.29, 1.82) is 0 Å². The smallest absolute Gasteiger partial charge is 0.274 e. The molecule has 1 aromatic heterocycles. The molecule has 1 aliphatic rings. The SMILES string of the molecule is CCNc1cncc(C(=O)N2CCCC(COC)C2)n1. The van der Waals surface area contributed by atoms with Crippen LogP contribution in [0.15, 0.2) is 12.4 Å². The Kier molecular flexibility index (Phi) is 5.29. The van der Waals surface area contributed by atoms with Gasteiger partial charge in [0.1, 0.15) is 11.5 Å². The highest BCUT2D eigenvalue weighted by Crippen LogP contribution is 2.18. The molecule has 1 amide bonds. The monoisotopic (exact) mass is 278 g/mol. The van der Waals surface area contributed by atoms with Crippen molar-refractivity contribution in [2.75, 3.05) is 38.7 Å². The molecule has 1 aliphatic heterocycles. The number of rotatable bonds is 5. The Morgan fingerprint density at radius 1 is 1.55 bits per heavy atom. The van der Waals surface area contributed by atoms with Crippen LogP contribution in [0.5, 0.6) is 0 Å². The first-order chi connectivity index (χ1) is 9.74. The van der Waals surface area contributed by atoms with Gasteiger partial charge in [-0.1, -0.05) is 0 Å². The van der Waals surface area contributed by atoms with Crippen molar-refractivity contribution in [2.45, 2.75) is 19.8 Å². The number of piperidine rings is 1. The number of carbonyl (C=O) groups is 1. The third-order valence-electron chi connectivity index (χ3n) is 3.42. The molecule has 0 bridgehead atoms. The first-order valence-electron chi connectivity index (χ1n) is 7.08. The molecule has 0 radical (unpaired) electrons. The molecule has 2 rings (SSSR count). The maximum absolute atomic E-state index is 12.5. The van der Waals surface area contributed by atoms with Crippen LogP contribution in [-0.4, -0.2) is 54.1 Å². The van der Waals surface area contributed by atoms with Crippen LogP contribution in [0.25, 0.3) is 0 Å². The zero-order chi connectivity index (χ0) is 14.4. The number of nitrogens with one attached hydrogen (secondary N) is 1. The lowest BCUT2D eigenvalue weighted by atomic mass is 9.99. The van der Waals surface area contributed by atoms with Gasteiger partial charge in [-0.15, -0.1) is 0 Å². The summed E-state index contributed by atoms with van der Waals surface area (Å²) in [6.07, 6.45) is 5.29. The predicted octanol–water partition coefficient (Wildman–Crippen LogP) is 1.41. The Bertz CT molecular complexity index is 451. The van der Waals surface area contributed by atoms with Gasteiger partial charge in [-0.25, -0.2) is 4.98 Å². The van der Waals surface area contributed by atoms with Crippen LogP contribution in [0.3, 0.4) is 0 Å². The summed E-state index contributed by atoms with van der Waals surface area (Å²) in [5, 5.41) is 3.07. The lowest BCUT2D eigenvalue weighted by molar-refractivity contribution is 0.0565. The van der Waals surface area contributed by atoms with Gasteiger partial charge in [0, 0.05) is 26.7 Å². The number of methoxy groups -OCH3 is 1. The molecule has 1 atom stereocenters. The second-order valence-corrected chi connectivity index (χ2v) is 5.03. The number of ether oxygens (including phenoxy) is 1. The molecule has 6 nitrogen and oxygen atoms in total. The number of anilines is 1. The minimum atomic E-state index is -0.0435. The number of amides is 1. The quantitative estimate of drug-likeness (QED) is 0.882. The highest BCUT2D eigenvalue weighted by atomic mass is 16.5. The normalized spacial score (nSPS) is 18.9. The minimum Gasteiger partial charge on any atom is -0.384 e. The van der Waals surface area contributed by atoms with Gasteiger partial charge in [-0.2, -0.15) is 0 Å². The van der Waals surface area contributed by atoms with Crippen LogP contribution >= 0.6 is 0 Å². The number of likely N-dealkylation sites (tertiary alicyclic amines) is 1. The minimum absolute atomic E-state index is 0.0435. The van der Waals surface area contributed by atoms with Crippen molar-refractivity contribution >= 4 is 11.7 Å². The van der Waals surface area contributed by atoms with Crippen LogP contribution < -0.4 is 5.32 Å². The van der Waals surface area contributed by atoms with E-state index in [4.69, 9.17) is 4.74 Å². The van der Waals surface area contributed by atoms with Crippen LogP contribution in [-0.2, 0) is 4.74 Å². The molecule has 20 heavy (non-hydrogen) atoms. The van der Waals surface area contributed by atoms with Gasteiger partial charge in [-0.3, -0.25) is 9.78 Å². The second-order valence-electron chi connectivity index (χ2n) is 5.03. The van der Waals surface area contributed by atoms with E-state index in [1.54, 1.807) is 13.3 Å². The summed E-state index contributed by atoms with van der Waals surface area (Å²) in [4.78, 5) is 22.7. The fraction of sp³-hybridized carbons (Fsp3) is 0.643. The van der Waals surface area contributed by atoms with Crippen molar-refractivity contribution in [2.24, 2.45) is 5.92 Å². The fourth-order valence-corrected chi connectivity index (χ4v) is 2.52. The average molecular weight is 278 g/mol. The van der Waals surface area contributed by atoms with Crippen molar-refractivity contribution in [3.8, 4) is 0 Å². The molecular weight excluding hydrogens is 256 g/mol. The molecule has 1 aromatic rings. The number of hydrogen-bond acceptors (Lipinski definition) is 5. The predicted molar refractivity (Wildman–Crippen MR) is 76.7 cm³/mol. The molecule has 0 spiro atoms. The molecule has 0 saturated carbocycles. The van der Waals surface area contributed by atoms with Gasteiger partial charge in [0.25, 0.3) is 5.91 Å². The van der Waals surface area contributed by atoms with Crippen molar-refractivity contribution in [3.63, 3.8) is 0 Å². The highest BCUT2D eigenvalue weighted by Gasteiger charge is 2.25. The Hall–Kier alpha value is -1.69. The second kappa shape index (κ2) is 7.19. The van der Waals surface area contributed by atoms with E-state index in [-0.39, 0.29) is 5.91 Å². The number of nitrogens with zero attached hydrogens (tertiary/aromatic N) is 3. The Morgan fingerprint density at radius 2 is 2.40 bits per heavy atom. The fourth-order valence-electron chi connectivity index (χ4n) is 2.52. The summed E-state index contributed by atoms with van der Waals surface area (Å²) in [7, 11) is 1.70. The summed E-state index contributed by atoms with van der Waals surface area (Å²) >= 11 is 0. The Balaban J connectivity index is 2.04. The molecule has 1 saturated heterocycles. The molecular formula is C14H22N4O2. The first-order valence-corrected chi connectivity index (χ1v) is 7.08. The standard InChI is InChI=1S/C14H22N4O2/c1-3-16-13-8-15-7-12(17-13)14(19)18-6-4-5-11(9-18)10-20-2/h7-8,11H,3-6,9-10H2,1-2H3,(H,16,17). The van der Waals surface area contributed by atoms with Crippen molar-refractivity contribution < 1.29 is 9.53 Å². The third kappa shape index (κ3) is 3.66. The van der Waals surface area contributed by atoms with E-state index in [2.05, 4.69) is 15.3 Å². The zero-order valence-electron chi connectivity index (χ0n) is 12.1. The summed E-state index contributed by atoms with van der Waals surface area (Å²) in [6.45, 7) is 4.96. The van der Waals surface area contributed by atoms with Crippen LogP contribution in [0, 0.1) is 5.92 Å². The number of carbonyl (C=O) groups excluding carboxylic acids is 1. The van der Waals surface area contributed by atoms with Crippen molar-refractivity contribution in [3.05, 3.63) is 18.1 Å². The van der Waals surface area contributed by atoms with E-state index in [1.807, 2.05) is 11.8 Å². The Morgan fingerprint density at radius 3 is 3.15 bits per heavy atom. The number of hydrogen-bond donors (Lipinski definition) is 1. The molecule has 0 aliphatic carbocycles. The van der Waals surface area contributed by atoms with Gasteiger partial charge in [0.05, 0.1) is 19.0 Å². The third-order valence-corrected chi connectivity index (χ3v) is 3.42. The van der Waals surface area contributed by atoms with Crippen LogP contribution in [0.4, 0.5) is 5.82 Å². The van der Waals surface area contributed by atoms with Gasteiger partial charge < -0.3 is 15.0 Å². The van der Waals surface area contributed by atoms with Crippen LogP contribution in [0.1, 0.15) is 30.3 Å². The maximum Gasteiger partial charge on any atom is 0.274 e. The summed E-state index contributed by atoms with van der Waals surface area (Å²) in [5.74, 6) is 1.02. The van der Waals surface area contributed by atoms with E-state index in [0.717, 1.165) is 32.5 Å². The van der Waals surface area contributed by atoms with Crippen molar-refractivity contribution in [1.82, 2.24) is 14.9 Å². The lowest BCUT2D eigenvalue weighted by Gasteiger charge is -2.32. The summed E-state index contributed by atoms with van der Waals surface area (Å²) in [5.41, 5.74) is 0.404. The summed E-state index contributed by atoms with van der Waals surface area (Å²) in [6, 6.07) is 0. The van der Waals surface area contributed by atoms with Gasteiger partial charge >= 0.3 is 0 Å². The van der Waals surface area contributed by atoms with Gasteiger partial charge in [0.15, 0.2) is 0 Å². The first kappa shape index (κ1) is 14.7. The van der Waals surface area contributed by atoms with Crippen LogP contribution in [0.2, 0.25) is 0 Å². The molecule has 0 aromatic carbocycles. The van der Waals surface area contributed by atoms with E-state index in [9.17, 15) is 4.79 Å². The van der Waals surface area contributed by atoms with Gasteiger partial charge in [0.2, 0.25) is 0 Å². The number of aromatic nitrogens is 2.